The molecular formula is C33H36N6O. The van der Waals surface area contributed by atoms with Gasteiger partial charge in [0.1, 0.15) is 24.1 Å². The number of nitrogens with zero attached hydrogens (tertiary/aromatic N) is 5. The van der Waals surface area contributed by atoms with E-state index in [-0.39, 0.29) is 0 Å². The highest BCUT2D eigenvalue weighted by Gasteiger charge is 2.40. The van der Waals surface area contributed by atoms with Gasteiger partial charge in [0.15, 0.2) is 0 Å². The standard InChI is InChI=1S/C33H36N6O/c1-3-22-7-4-8-23-9-5-11-30(31(22)23)38-16-14-27-29(20-38)28(17-34)33(40-21-26-10-6-15-37(26)2)36-32(27)39-24-12-13-25(39)19-35-18-24/h1,4-5,7-9,11,24-26,35H,6,10,12-16,18-21H2,2H3/t24-,25+,26-/m0/s1. The van der Waals surface area contributed by atoms with Crippen LogP contribution in [-0.4, -0.2) is 67.8 Å². The Kier molecular flexibility index (Phi) is 6.50. The molecule has 4 aliphatic heterocycles. The Hall–Kier alpha value is -3.78. The highest BCUT2D eigenvalue weighted by Crippen LogP contribution is 2.42. The van der Waals surface area contributed by atoms with Crippen molar-refractivity contribution in [3.05, 3.63) is 58.7 Å². The predicted molar refractivity (Wildman–Crippen MR) is 159 cm³/mol. The summed E-state index contributed by atoms with van der Waals surface area (Å²) >= 11 is 0. The van der Waals surface area contributed by atoms with E-state index < -0.39 is 0 Å². The molecule has 7 heteroatoms. The molecule has 4 aliphatic rings. The number of fused-ring (bicyclic) bond motifs is 4. The van der Waals surface area contributed by atoms with Crippen molar-refractivity contribution >= 4 is 22.3 Å². The summed E-state index contributed by atoms with van der Waals surface area (Å²) in [5.74, 6) is 4.43. The number of nitrogens with one attached hydrogen (secondary N) is 1. The lowest BCUT2D eigenvalue weighted by molar-refractivity contribution is 0.192. The van der Waals surface area contributed by atoms with Gasteiger partial charge in [-0.3, -0.25) is 0 Å². The first-order chi connectivity index (χ1) is 19.7. The van der Waals surface area contributed by atoms with Crippen LogP contribution in [0.1, 0.15) is 47.9 Å². The molecule has 0 radical (unpaired) electrons. The zero-order chi connectivity index (χ0) is 27.2. The Labute approximate surface area is 236 Å². The van der Waals surface area contributed by atoms with Crippen LogP contribution >= 0.6 is 0 Å². The molecule has 1 aromatic heterocycles. The smallest absolute Gasteiger partial charge is 0.234 e. The number of likely N-dealkylation sites (tertiary alicyclic amines) is 1. The average molecular weight is 533 g/mol. The Bertz CT molecular complexity index is 1520. The van der Waals surface area contributed by atoms with Gasteiger partial charge in [0.05, 0.1) is 0 Å². The Morgan fingerprint density at radius 2 is 1.88 bits per heavy atom. The highest BCUT2D eigenvalue weighted by atomic mass is 16.5. The largest absolute Gasteiger partial charge is 0.475 e. The van der Waals surface area contributed by atoms with E-state index in [0.29, 0.717) is 42.7 Å². The van der Waals surface area contributed by atoms with Crippen molar-refractivity contribution in [1.82, 2.24) is 15.2 Å². The summed E-state index contributed by atoms with van der Waals surface area (Å²) < 4.78 is 6.46. The highest BCUT2D eigenvalue weighted by molar-refractivity contribution is 5.99. The number of hydrogen-bond acceptors (Lipinski definition) is 7. The van der Waals surface area contributed by atoms with E-state index >= 15 is 0 Å². The van der Waals surface area contributed by atoms with E-state index in [0.717, 1.165) is 72.4 Å². The fourth-order valence-corrected chi connectivity index (χ4v) is 7.42. The number of ether oxygens (including phenoxy) is 1. The van der Waals surface area contributed by atoms with E-state index in [1.54, 1.807) is 0 Å². The van der Waals surface area contributed by atoms with Crippen LogP contribution in [0.4, 0.5) is 11.5 Å². The predicted octanol–water partition coefficient (Wildman–Crippen LogP) is 4.06. The fraction of sp³-hybridized carbons (Fsp3) is 0.455. The number of rotatable bonds is 5. The van der Waals surface area contributed by atoms with Crippen molar-refractivity contribution in [2.75, 3.05) is 49.6 Å². The molecule has 3 atom stereocenters. The first-order valence-electron chi connectivity index (χ1n) is 14.7. The molecule has 5 heterocycles. The minimum absolute atomic E-state index is 0.359. The van der Waals surface area contributed by atoms with Gasteiger partial charge in [-0.15, -0.1) is 6.42 Å². The van der Waals surface area contributed by atoms with Gasteiger partial charge in [0.25, 0.3) is 0 Å². The molecule has 7 rings (SSSR count). The molecule has 0 spiro atoms. The van der Waals surface area contributed by atoms with Crippen LogP contribution in [0.2, 0.25) is 0 Å². The number of benzene rings is 2. The Balaban J connectivity index is 1.32. The van der Waals surface area contributed by atoms with Gasteiger partial charge >= 0.3 is 0 Å². The maximum atomic E-state index is 10.5. The van der Waals surface area contributed by atoms with E-state index in [9.17, 15) is 5.26 Å². The lowest BCUT2D eigenvalue weighted by Gasteiger charge is -2.40. The second-order valence-corrected chi connectivity index (χ2v) is 11.7. The van der Waals surface area contributed by atoms with Crippen molar-refractivity contribution in [3.8, 4) is 24.3 Å². The van der Waals surface area contributed by atoms with Crippen molar-refractivity contribution in [1.29, 1.82) is 5.26 Å². The molecule has 2 bridgehead atoms. The quantitative estimate of drug-likeness (QED) is 0.497. The fourth-order valence-electron chi connectivity index (χ4n) is 7.42. The second kappa shape index (κ2) is 10.3. The van der Waals surface area contributed by atoms with Gasteiger partial charge in [-0.25, -0.2) is 0 Å². The number of aromatic nitrogens is 1. The third kappa shape index (κ3) is 4.17. The zero-order valence-corrected chi connectivity index (χ0v) is 23.2. The summed E-state index contributed by atoms with van der Waals surface area (Å²) in [6, 6.07) is 16.3. The summed E-state index contributed by atoms with van der Waals surface area (Å²) in [4.78, 5) is 12.5. The lowest BCUT2D eigenvalue weighted by atomic mass is 9.93. The molecule has 0 unspecified atom stereocenters. The summed E-state index contributed by atoms with van der Waals surface area (Å²) in [6.07, 6.45) is 11.4. The second-order valence-electron chi connectivity index (χ2n) is 11.7. The van der Waals surface area contributed by atoms with Gasteiger partial charge in [-0.1, -0.05) is 30.2 Å². The van der Waals surface area contributed by atoms with Crippen molar-refractivity contribution in [2.24, 2.45) is 0 Å². The number of likely N-dealkylation sites (N-methyl/N-ethyl adjacent to an activating group) is 1. The van der Waals surface area contributed by atoms with Crippen molar-refractivity contribution in [3.63, 3.8) is 0 Å². The number of anilines is 2. The molecule has 0 amide bonds. The van der Waals surface area contributed by atoms with Crippen LogP contribution in [-0.2, 0) is 13.0 Å². The Morgan fingerprint density at radius 3 is 2.60 bits per heavy atom. The summed E-state index contributed by atoms with van der Waals surface area (Å²) in [6.45, 7) is 5.08. The van der Waals surface area contributed by atoms with Crippen molar-refractivity contribution < 1.29 is 4.74 Å². The molecule has 0 saturated carbocycles. The Morgan fingerprint density at radius 1 is 1.07 bits per heavy atom. The summed E-state index contributed by atoms with van der Waals surface area (Å²) in [5, 5.41) is 16.3. The first-order valence-corrected chi connectivity index (χ1v) is 14.7. The van der Waals surface area contributed by atoms with Crippen LogP contribution in [0.5, 0.6) is 5.88 Å². The monoisotopic (exact) mass is 532 g/mol. The van der Waals surface area contributed by atoms with Crippen LogP contribution < -0.4 is 19.9 Å². The van der Waals surface area contributed by atoms with Gasteiger partial charge in [0.2, 0.25) is 5.88 Å². The van der Waals surface area contributed by atoms with Crippen LogP contribution in [0.25, 0.3) is 10.8 Å². The molecular weight excluding hydrogens is 496 g/mol. The van der Waals surface area contributed by atoms with E-state index in [4.69, 9.17) is 16.1 Å². The van der Waals surface area contributed by atoms with Gasteiger partial charge in [-0.2, -0.15) is 10.2 Å². The lowest BCUT2D eigenvalue weighted by Crippen LogP contribution is -2.53. The topological polar surface area (TPSA) is 67.7 Å². The number of piperazine rings is 1. The normalized spacial score (nSPS) is 24.1. The van der Waals surface area contributed by atoms with Crippen LogP contribution in [0.3, 0.4) is 0 Å². The minimum atomic E-state index is 0.359. The van der Waals surface area contributed by atoms with E-state index in [1.165, 1.54) is 24.8 Å². The SMILES string of the molecule is C#Cc1cccc2cccc(N3CCc4c(N5[C@@H]6CC[C@H]5CNC6)nc(OC[C@@H]5CCCN5C)c(C#N)c4C3)c12. The van der Waals surface area contributed by atoms with E-state index in [2.05, 4.69) is 63.3 Å². The molecule has 2 aromatic carbocycles. The van der Waals surface area contributed by atoms with E-state index in [1.807, 2.05) is 12.1 Å². The summed E-state index contributed by atoms with van der Waals surface area (Å²) in [7, 11) is 2.16. The molecule has 3 aromatic rings. The molecule has 7 nitrogen and oxygen atoms in total. The van der Waals surface area contributed by atoms with Gasteiger partial charge < -0.3 is 24.8 Å². The van der Waals surface area contributed by atoms with Crippen LogP contribution in [0.15, 0.2) is 36.4 Å². The number of nitriles is 1. The third-order valence-electron chi connectivity index (χ3n) is 9.54. The maximum Gasteiger partial charge on any atom is 0.234 e. The maximum absolute atomic E-state index is 10.5. The minimum Gasteiger partial charge on any atom is -0.475 e. The van der Waals surface area contributed by atoms with Crippen molar-refractivity contribution in [2.45, 2.75) is 56.8 Å². The number of pyridine rings is 1. The summed E-state index contributed by atoms with van der Waals surface area (Å²) in [5.41, 5.74) is 4.88. The van der Waals surface area contributed by atoms with Crippen LogP contribution in [0, 0.1) is 23.7 Å². The molecule has 3 saturated heterocycles. The molecule has 3 fully saturated rings. The zero-order valence-electron chi connectivity index (χ0n) is 23.2. The number of hydrogen-bond donors (Lipinski definition) is 1. The molecule has 40 heavy (non-hydrogen) atoms. The molecule has 204 valence electrons. The average Bonchev–Trinajstić information content (AvgIpc) is 3.51. The van der Waals surface area contributed by atoms with Gasteiger partial charge in [-0.05, 0) is 63.2 Å². The third-order valence-corrected chi connectivity index (χ3v) is 9.54. The molecule has 1 N–H and O–H groups in total. The number of terminal acetylenes is 1. The molecule has 0 aliphatic carbocycles. The first kappa shape index (κ1) is 25.2. The van der Waals surface area contributed by atoms with Gasteiger partial charge in [0, 0.05) is 72.1 Å².